The number of halogens is 1. The SMILES string of the molecule is Oc1ccc2c(c1)C(Nc1ccccc1F)CCC2. The fourth-order valence-electron chi connectivity index (χ4n) is 2.70. The van der Waals surface area contributed by atoms with Crippen LogP contribution in [0, 0.1) is 5.82 Å². The summed E-state index contributed by atoms with van der Waals surface area (Å²) in [4.78, 5) is 0. The van der Waals surface area contributed by atoms with Crippen LogP contribution in [0.25, 0.3) is 0 Å². The van der Waals surface area contributed by atoms with Crippen molar-refractivity contribution in [3.05, 3.63) is 59.4 Å². The Morgan fingerprint density at radius 2 is 2.00 bits per heavy atom. The Morgan fingerprint density at radius 1 is 1.16 bits per heavy atom. The highest BCUT2D eigenvalue weighted by molar-refractivity contribution is 5.49. The first kappa shape index (κ1) is 12.0. The zero-order valence-corrected chi connectivity index (χ0v) is 10.6. The van der Waals surface area contributed by atoms with Crippen molar-refractivity contribution in [1.29, 1.82) is 0 Å². The molecule has 0 heterocycles. The van der Waals surface area contributed by atoms with Gasteiger partial charge in [-0.25, -0.2) is 4.39 Å². The molecule has 0 aliphatic heterocycles. The number of aromatic hydroxyl groups is 1. The molecule has 3 rings (SSSR count). The van der Waals surface area contributed by atoms with Crippen molar-refractivity contribution in [3.63, 3.8) is 0 Å². The Balaban J connectivity index is 1.92. The lowest BCUT2D eigenvalue weighted by Crippen LogP contribution is -2.17. The topological polar surface area (TPSA) is 32.3 Å². The van der Waals surface area contributed by atoms with E-state index in [9.17, 15) is 9.50 Å². The van der Waals surface area contributed by atoms with Crippen molar-refractivity contribution in [1.82, 2.24) is 0 Å². The molecule has 3 heteroatoms. The highest BCUT2D eigenvalue weighted by Crippen LogP contribution is 2.34. The summed E-state index contributed by atoms with van der Waals surface area (Å²) in [7, 11) is 0. The molecule has 19 heavy (non-hydrogen) atoms. The van der Waals surface area contributed by atoms with Crippen molar-refractivity contribution < 1.29 is 9.50 Å². The van der Waals surface area contributed by atoms with Gasteiger partial charge in [0.15, 0.2) is 0 Å². The molecule has 2 N–H and O–H groups in total. The van der Waals surface area contributed by atoms with Crippen molar-refractivity contribution in [2.75, 3.05) is 5.32 Å². The van der Waals surface area contributed by atoms with Crippen LogP contribution in [0.5, 0.6) is 5.75 Å². The average molecular weight is 257 g/mol. The summed E-state index contributed by atoms with van der Waals surface area (Å²) in [6, 6.07) is 12.2. The number of fused-ring (bicyclic) bond motifs is 1. The quantitative estimate of drug-likeness (QED) is 0.851. The molecule has 1 atom stereocenters. The molecule has 0 spiro atoms. The molecule has 0 saturated carbocycles. The second-order valence-electron chi connectivity index (χ2n) is 4.95. The second kappa shape index (κ2) is 4.92. The predicted molar refractivity (Wildman–Crippen MR) is 73.8 cm³/mol. The highest BCUT2D eigenvalue weighted by Gasteiger charge is 2.21. The van der Waals surface area contributed by atoms with Crippen LogP contribution in [-0.2, 0) is 6.42 Å². The van der Waals surface area contributed by atoms with E-state index in [1.165, 1.54) is 11.6 Å². The molecule has 0 amide bonds. The highest BCUT2D eigenvalue weighted by atomic mass is 19.1. The number of nitrogens with one attached hydrogen (secondary N) is 1. The number of aryl methyl sites for hydroxylation is 1. The zero-order chi connectivity index (χ0) is 13.2. The van der Waals surface area contributed by atoms with E-state index in [0.717, 1.165) is 24.8 Å². The van der Waals surface area contributed by atoms with Gasteiger partial charge in [-0.1, -0.05) is 18.2 Å². The van der Waals surface area contributed by atoms with Crippen molar-refractivity contribution in [2.24, 2.45) is 0 Å². The van der Waals surface area contributed by atoms with Gasteiger partial charge in [0.05, 0.1) is 11.7 Å². The van der Waals surface area contributed by atoms with Gasteiger partial charge < -0.3 is 10.4 Å². The van der Waals surface area contributed by atoms with Crippen LogP contribution >= 0.6 is 0 Å². The molecule has 1 aliphatic carbocycles. The maximum absolute atomic E-state index is 13.7. The third-order valence-electron chi connectivity index (χ3n) is 3.65. The first-order chi connectivity index (χ1) is 9.24. The molecule has 1 unspecified atom stereocenters. The maximum Gasteiger partial charge on any atom is 0.146 e. The second-order valence-corrected chi connectivity index (χ2v) is 4.95. The number of hydrogen-bond acceptors (Lipinski definition) is 2. The van der Waals surface area contributed by atoms with Crippen LogP contribution < -0.4 is 5.32 Å². The van der Waals surface area contributed by atoms with E-state index in [1.54, 1.807) is 24.3 Å². The number of anilines is 1. The molecule has 0 fully saturated rings. The first-order valence-electron chi connectivity index (χ1n) is 6.57. The minimum Gasteiger partial charge on any atom is -0.508 e. The Bertz CT molecular complexity index is 597. The Labute approximate surface area is 111 Å². The lowest BCUT2D eigenvalue weighted by Gasteiger charge is -2.27. The molecule has 2 nitrogen and oxygen atoms in total. The molecule has 0 radical (unpaired) electrons. The third-order valence-corrected chi connectivity index (χ3v) is 3.65. The number of rotatable bonds is 2. The lowest BCUT2D eigenvalue weighted by molar-refractivity contribution is 0.471. The molecule has 0 bridgehead atoms. The number of hydrogen-bond donors (Lipinski definition) is 2. The van der Waals surface area contributed by atoms with E-state index in [-0.39, 0.29) is 17.6 Å². The summed E-state index contributed by atoms with van der Waals surface area (Å²) < 4.78 is 13.7. The minimum absolute atomic E-state index is 0.0627. The molecule has 2 aromatic carbocycles. The molecule has 98 valence electrons. The summed E-state index contributed by atoms with van der Waals surface area (Å²) in [5, 5.41) is 12.9. The van der Waals surface area contributed by atoms with Crippen LogP contribution in [0.4, 0.5) is 10.1 Å². The molecule has 1 aliphatic rings. The van der Waals surface area contributed by atoms with Gasteiger partial charge in [0, 0.05) is 0 Å². The fraction of sp³-hybridized carbons (Fsp3) is 0.250. The first-order valence-corrected chi connectivity index (χ1v) is 6.57. The lowest BCUT2D eigenvalue weighted by atomic mass is 9.87. The standard InChI is InChI=1S/C16H16FNO/c17-14-5-1-2-6-16(14)18-15-7-3-4-11-8-9-12(19)10-13(11)15/h1-2,5-6,8-10,15,18-19H,3-4,7H2. The van der Waals surface area contributed by atoms with Crippen molar-refractivity contribution >= 4 is 5.69 Å². The van der Waals surface area contributed by atoms with Gasteiger partial charge in [0.25, 0.3) is 0 Å². The van der Waals surface area contributed by atoms with Crippen molar-refractivity contribution in [3.8, 4) is 5.75 Å². The summed E-state index contributed by atoms with van der Waals surface area (Å²) >= 11 is 0. The molecule has 2 aromatic rings. The van der Waals surface area contributed by atoms with Crippen LogP contribution in [-0.4, -0.2) is 5.11 Å². The fourth-order valence-corrected chi connectivity index (χ4v) is 2.70. The van der Waals surface area contributed by atoms with Crippen LogP contribution in [0.1, 0.15) is 30.0 Å². The monoisotopic (exact) mass is 257 g/mol. The van der Waals surface area contributed by atoms with Crippen LogP contribution in [0.2, 0.25) is 0 Å². The summed E-state index contributed by atoms with van der Waals surface area (Å²) in [5.74, 6) is 0.0239. The number of phenolic OH excluding ortho intramolecular Hbond substituents is 1. The molecule has 0 saturated heterocycles. The van der Waals surface area contributed by atoms with E-state index in [2.05, 4.69) is 5.32 Å². The Morgan fingerprint density at radius 3 is 2.84 bits per heavy atom. The van der Waals surface area contributed by atoms with E-state index in [1.807, 2.05) is 12.1 Å². The summed E-state index contributed by atoms with van der Waals surface area (Å²) in [5.41, 5.74) is 2.83. The molecular weight excluding hydrogens is 241 g/mol. The van der Waals surface area contributed by atoms with E-state index >= 15 is 0 Å². The molecule has 0 aromatic heterocycles. The van der Waals surface area contributed by atoms with E-state index < -0.39 is 0 Å². The summed E-state index contributed by atoms with van der Waals surface area (Å²) in [6.45, 7) is 0. The number of benzene rings is 2. The average Bonchev–Trinajstić information content (AvgIpc) is 2.42. The summed E-state index contributed by atoms with van der Waals surface area (Å²) in [6.07, 6.45) is 3.04. The van der Waals surface area contributed by atoms with Crippen LogP contribution in [0.15, 0.2) is 42.5 Å². The van der Waals surface area contributed by atoms with Gasteiger partial charge in [0.1, 0.15) is 11.6 Å². The van der Waals surface area contributed by atoms with Gasteiger partial charge in [-0.3, -0.25) is 0 Å². The van der Waals surface area contributed by atoms with E-state index in [4.69, 9.17) is 0 Å². The Hall–Kier alpha value is -2.03. The van der Waals surface area contributed by atoms with E-state index in [0.29, 0.717) is 5.69 Å². The number of phenols is 1. The van der Waals surface area contributed by atoms with Gasteiger partial charge in [-0.15, -0.1) is 0 Å². The number of para-hydroxylation sites is 1. The largest absolute Gasteiger partial charge is 0.508 e. The smallest absolute Gasteiger partial charge is 0.146 e. The Kier molecular flexibility index (Phi) is 3.11. The minimum atomic E-state index is -0.241. The van der Waals surface area contributed by atoms with Crippen LogP contribution in [0.3, 0.4) is 0 Å². The zero-order valence-electron chi connectivity index (χ0n) is 10.6. The normalized spacial score (nSPS) is 17.8. The third kappa shape index (κ3) is 2.41. The van der Waals surface area contributed by atoms with Crippen molar-refractivity contribution in [2.45, 2.75) is 25.3 Å². The predicted octanol–water partition coefficient (Wildman–Crippen LogP) is 4.02. The van der Waals surface area contributed by atoms with Gasteiger partial charge in [-0.05, 0) is 54.7 Å². The van der Waals surface area contributed by atoms with Gasteiger partial charge >= 0.3 is 0 Å². The maximum atomic E-state index is 13.7. The van der Waals surface area contributed by atoms with Gasteiger partial charge in [0.2, 0.25) is 0 Å². The molecular formula is C16H16FNO. The van der Waals surface area contributed by atoms with Gasteiger partial charge in [-0.2, -0.15) is 0 Å².